The van der Waals surface area contributed by atoms with Gasteiger partial charge >= 0.3 is 0 Å². The first-order valence-electron chi connectivity index (χ1n) is 6.03. The minimum absolute atomic E-state index is 0.0727. The summed E-state index contributed by atoms with van der Waals surface area (Å²) in [7, 11) is -3.61. The summed E-state index contributed by atoms with van der Waals surface area (Å²) < 4.78 is 26.8. The Morgan fingerprint density at radius 2 is 2.25 bits per heavy atom. The molecule has 1 aromatic rings. The molecule has 1 saturated heterocycles. The summed E-state index contributed by atoms with van der Waals surface area (Å²) >= 11 is 12.7. The fraction of sp³-hybridized carbons (Fsp3) is 0.417. The molecular formula is C12H15ClN2O2S3. The van der Waals surface area contributed by atoms with Crippen LogP contribution in [0, 0.1) is 0 Å². The minimum atomic E-state index is -3.61. The number of benzene rings is 1. The molecule has 1 aromatic carbocycles. The van der Waals surface area contributed by atoms with Gasteiger partial charge in [0.15, 0.2) is 0 Å². The molecule has 4 nitrogen and oxygen atoms in total. The van der Waals surface area contributed by atoms with E-state index in [-0.39, 0.29) is 20.2 Å². The van der Waals surface area contributed by atoms with Gasteiger partial charge in [0.05, 0.1) is 5.02 Å². The number of thioether (sulfide) groups is 1. The summed E-state index contributed by atoms with van der Waals surface area (Å²) in [6, 6.07) is 4.59. The molecule has 2 N–H and O–H groups in total. The molecule has 1 aliphatic rings. The van der Waals surface area contributed by atoms with E-state index < -0.39 is 10.0 Å². The highest BCUT2D eigenvalue weighted by atomic mass is 35.5. The van der Waals surface area contributed by atoms with Crippen molar-refractivity contribution in [1.29, 1.82) is 0 Å². The Morgan fingerprint density at radius 1 is 1.55 bits per heavy atom. The molecule has 0 bridgehead atoms. The van der Waals surface area contributed by atoms with Crippen LogP contribution in [0.2, 0.25) is 5.02 Å². The molecule has 20 heavy (non-hydrogen) atoms. The average molecular weight is 351 g/mol. The second-order valence-electron chi connectivity index (χ2n) is 4.55. The van der Waals surface area contributed by atoms with Gasteiger partial charge in [0.1, 0.15) is 9.88 Å². The van der Waals surface area contributed by atoms with E-state index in [1.165, 1.54) is 16.4 Å². The van der Waals surface area contributed by atoms with Gasteiger partial charge in [-0.25, -0.2) is 8.42 Å². The molecule has 8 heteroatoms. The van der Waals surface area contributed by atoms with Crippen molar-refractivity contribution in [3.8, 4) is 0 Å². The molecule has 1 fully saturated rings. The highest BCUT2D eigenvalue weighted by Crippen LogP contribution is 2.29. The van der Waals surface area contributed by atoms with Gasteiger partial charge in [0, 0.05) is 29.7 Å². The molecule has 1 aliphatic heterocycles. The quantitative estimate of drug-likeness (QED) is 0.846. The van der Waals surface area contributed by atoms with Crippen LogP contribution >= 0.6 is 35.6 Å². The number of rotatable bonds is 3. The van der Waals surface area contributed by atoms with E-state index in [1.54, 1.807) is 17.8 Å². The number of nitrogens with zero attached hydrogens (tertiary/aromatic N) is 1. The zero-order valence-electron chi connectivity index (χ0n) is 10.9. The molecule has 1 unspecified atom stereocenters. The van der Waals surface area contributed by atoms with Gasteiger partial charge in [-0.05, 0) is 12.1 Å². The predicted octanol–water partition coefficient (Wildman–Crippen LogP) is 2.10. The van der Waals surface area contributed by atoms with Crippen molar-refractivity contribution in [2.75, 3.05) is 18.8 Å². The van der Waals surface area contributed by atoms with Crippen LogP contribution in [-0.4, -0.2) is 41.8 Å². The highest BCUT2D eigenvalue weighted by Gasteiger charge is 2.30. The summed E-state index contributed by atoms with van der Waals surface area (Å²) in [6.07, 6.45) is 0. The third kappa shape index (κ3) is 3.28. The SMILES string of the molecule is CC1CN(S(=O)(=O)c2cc(C(N)=S)ccc2Cl)CCS1. The number of nitrogens with two attached hydrogens (primary N) is 1. The van der Waals surface area contributed by atoms with Crippen molar-refractivity contribution in [2.24, 2.45) is 5.73 Å². The maximum absolute atomic E-state index is 12.7. The summed E-state index contributed by atoms with van der Waals surface area (Å²) in [6.45, 7) is 2.99. The molecule has 0 spiro atoms. The van der Waals surface area contributed by atoms with E-state index in [1.807, 2.05) is 6.92 Å². The molecule has 0 saturated carbocycles. The lowest BCUT2D eigenvalue weighted by molar-refractivity contribution is 0.424. The monoisotopic (exact) mass is 350 g/mol. The van der Waals surface area contributed by atoms with E-state index in [0.717, 1.165) is 5.75 Å². The third-order valence-corrected chi connectivity index (χ3v) is 6.76. The van der Waals surface area contributed by atoms with Gasteiger partial charge in [0.2, 0.25) is 10.0 Å². The third-order valence-electron chi connectivity index (χ3n) is 3.04. The zero-order valence-corrected chi connectivity index (χ0v) is 14.1. The first kappa shape index (κ1) is 16.0. The summed E-state index contributed by atoms with van der Waals surface area (Å²) in [4.78, 5) is 0.226. The molecule has 0 aliphatic carbocycles. The molecule has 1 atom stereocenters. The van der Waals surface area contributed by atoms with E-state index in [2.05, 4.69) is 0 Å². The van der Waals surface area contributed by atoms with Crippen LogP contribution in [0.25, 0.3) is 0 Å². The average Bonchev–Trinajstić information content (AvgIpc) is 2.38. The lowest BCUT2D eigenvalue weighted by Crippen LogP contribution is -2.41. The lowest BCUT2D eigenvalue weighted by Gasteiger charge is -2.30. The molecule has 2 rings (SSSR count). The van der Waals surface area contributed by atoms with Gasteiger partial charge in [0.25, 0.3) is 0 Å². The maximum Gasteiger partial charge on any atom is 0.244 e. The van der Waals surface area contributed by atoms with E-state index >= 15 is 0 Å². The Labute approximate surface area is 133 Å². The predicted molar refractivity (Wildman–Crippen MR) is 88.0 cm³/mol. The standard InChI is InChI=1S/C12H15ClN2O2S3/c1-8-7-15(4-5-19-8)20(16,17)11-6-9(12(14)18)2-3-10(11)13/h2-3,6,8H,4-5,7H2,1H3,(H2,14,18). The smallest absolute Gasteiger partial charge is 0.244 e. The van der Waals surface area contributed by atoms with Gasteiger partial charge in [-0.1, -0.05) is 36.8 Å². The minimum Gasteiger partial charge on any atom is -0.389 e. The fourth-order valence-corrected chi connectivity index (χ4v) is 5.38. The van der Waals surface area contributed by atoms with Crippen LogP contribution in [0.5, 0.6) is 0 Å². The molecular weight excluding hydrogens is 336 g/mol. The normalized spacial score (nSPS) is 20.8. The number of hydrogen-bond acceptors (Lipinski definition) is 4. The molecule has 0 amide bonds. The van der Waals surface area contributed by atoms with Crippen LogP contribution < -0.4 is 5.73 Å². The number of hydrogen-bond donors (Lipinski definition) is 1. The van der Waals surface area contributed by atoms with Crippen LogP contribution in [-0.2, 0) is 10.0 Å². The van der Waals surface area contributed by atoms with Crippen molar-refractivity contribution in [3.05, 3.63) is 28.8 Å². The Bertz CT molecular complexity index is 634. The van der Waals surface area contributed by atoms with Gasteiger partial charge < -0.3 is 5.73 Å². The second-order valence-corrected chi connectivity index (χ2v) is 8.85. The van der Waals surface area contributed by atoms with Gasteiger partial charge in [-0.2, -0.15) is 16.1 Å². The maximum atomic E-state index is 12.7. The molecule has 1 heterocycles. The first-order chi connectivity index (χ1) is 9.32. The Kier molecular flexibility index (Phi) is 4.96. The Morgan fingerprint density at radius 3 is 2.85 bits per heavy atom. The van der Waals surface area contributed by atoms with E-state index in [4.69, 9.17) is 29.6 Å². The van der Waals surface area contributed by atoms with Crippen LogP contribution in [0.15, 0.2) is 23.1 Å². The lowest BCUT2D eigenvalue weighted by atomic mass is 10.2. The zero-order chi connectivity index (χ0) is 14.9. The van der Waals surface area contributed by atoms with E-state index in [0.29, 0.717) is 18.7 Å². The van der Waals surface area contributed by atoms with Crippen LogP contribution in [0.1, 0.15) is 12.5 Å². The first-order valence-corrected chi connectivity index (χ1v) is 9.31. The van der Waals surface area contributed by atoms with Crippen molar-refractivity contribution < 1.29 is 8.42 Å². The number of sulfonamides is 1. The van der Waals surface area contributed by atoms with Crippen LogP contribution in [0.4, 0.5) is 0 Å². The largest absolute Gasteiger partial charge is 0.389 e. The number of thiocarbonyl (C=S) groups is 1. The van der Waals surface area contributed by atoms with Gasteiger partial charge in [-0.15, -0.1) is 0 Å². The van der Waals surface area contributed by atoms with E-state index in [9.17, 15) is 8.42 Å². The fourth-order valence-electron chi connectivity index (χ4n) is 2.00. The van der Waals surface area contributed by atoms with Crippen LogP contribution in [0.3, 0.4) is 0 Å². The molecule has 0 aromatic heterocycles. The highest BCUT2D eigenvalue weighted by molar-refractivity contribution is 8.00. The topological polar surface area (TPSA) is 63.4 Å². The Balaban J connectivity index is 2.43. The second kappa shape index (κ2) is 6.19. The van der Waals surface area contributed by atoms with Crippen molar-refractivity contribution in [3.63, 3.8) is 0 Å². The van der Waals surface area contributed by atoms with Crippen molar-refractivity contribution in [2.45, 2.75) is 17.1 Å². The molecule has 110 valence electrons. The Hall–Kier alpha value is -0.340. The van der Waals surface area contributed by atoms with Crippen molar-refractivity contribution >= 4 is 50.6 Å². The van der Waals surface area contributed by atoms with Gasteiger partial charge in [-0.3, -0.25) is 0 Å². The summed E-state index contributed by atoms with van der Waals surface area (Å²) in [5, 5.41) is 0.465. The van der Waals surface area contributed by atoms with Crippen molar-refractivity contribution in [1.82, 2.24) is 4.31 Å². The molecule has 0 radical (unpaired) electrons. The number of halogens is 1. The summed E-state index contributed by atoms with van der Waals surface area (Å²) in [5.41, 5.74) is 6.06. The summed E-state index contributed by atoms with van der Waals surface area (Å²) in [5.74, 6) is 0.785.